The van der Waals surface area contributed by atoms with Crippen LogP contribution in [-0.4, -0.2) is 40.1 Å². The Kier molecular flexibility index (Phi) is 4.31. The molecule has 8 heteroatoms. The Hall–Kier alpha value is -3.55. The van der Waals surface area contributed by atoms with E-state index in [9.17, 15) is 9.18 Å². The number of fused-ring (bicyclic) bond motifs is 4. The molecule has 0 saturated carbocycles. The average molecular weight is 390 g/mol. The molecule has 0 unspecified atom stereocenters. The number of rotatable bonds is 2. The number of hydrogen-bond donors (Lipinski definition) is 1. The highest BCUT2D eigenvalue weighted by atomic mass is 19.1. The maximum Gasteiger partial charge on any atom is 0.327 e. The SMILES string of the molecule is O=C(Nc1cncc(F)c1)N1c2nc(-c3cccnc3)ccc2N2CCC[C@H]1C2. The third-order valence-corrected chi connectivity index (χ3v) is 5.32. The van der Waals surface area contributed by atoms with E-state index in [1.165, 1.54) is 12.3 Å². The third-order valence-electron chi connectivity index (χ3n) is 5.32. The van der Waals surface area contributed by atoms with Crippen LogP contribution in [0.25, 0.3) is 11.3 Å². The number of hydrogen-bond acceptors (Lipinski definition) is 5. The van der Waals surface area contributed by atoms with Gasteiger partial charge in [-0.25, -0.2) is 14.2 Å². The van der Waals surface area contributed by atoms with Crippen molar-refractivity contribution in [2.24, 2.45) is 0 Å². The normalized spacial score (nSPS) is 17.6. The van der Waals surface area contributed by atoms with E-state index in [2.05, 4.69) is 20.2 Å². The molecule has 1 N–H and O–H groups in total. The van der Waals surface area contributed by atoms with Gasteiger partial charge in [0.05, 0.1) is 35.5 Å². The van der Waals surface area contributed by atoms with Crippen LogP contribution in [0.1, 0.15) is 12.8 Å². The molecule has 2 bridgehead atoms. The van der Waals surface area contributed by atoms with Crippen molar-refractivity contribution in [2.75, 3.05) is 28.2 Å². The van der Waals surface area contributed by atoms with Crippen molar-refractivity contribution in [1.82, 2.24) is 15.0 Å². The summed E-state index contributed by atoms with van der Waals surface area (Å²) >= 11 is 0. The number of nitrogens with zero attached hydrogens (tertiary/aromatic N) is 5. The summed E-state index contributed by atoms with van der Waals surface area (Å²) in [6.07, 6.45) is 7.89. The molecule has 2 aliphatic rings. The third kappa shape index (κ3) is 3.26. The van der Waals surface area contributed by atoms with Crippen LogP contribution < -0.4 is 15.1 Å². The molecule has 146 valence electrons. The van der Waals surface area contributed by atoms with Gasteiger partial charge < -0.3 is 10.2 Å². The van der Waals surface area contributed by atoms with E-state index >= 15 is 0 Å². The van der Waals surface area contributed by atoms with Crippen molar-refractivity contribution < 1.29 is 9.18 Å². The van der Waals surface area contributed by atoms with Gasteiger partial charge in [-0.05, 0) is 37.1 Å². The van der Waals surface area contributed by atoms with Crippen LogP contribution in [-0.2, 0) is 0 Å². The van der Waals surface area contributed by atoms with Crippen molar-refractivity contribution in [3.8, 4) is 11.3 Å². The second kappa shape index (κ2) is 7.12. The first-order valence-corrected chi connectivity index (χ1v) is 9.56. The molecule has 0 radical (unpaired) electrons. The molecule has 29 heavy (non-hydrogen) atoms. The lowest BCUT2D eigenvalue weighted by Gasteiger charge is -2.45. The summed E-state index contributed by atoms with van der Waals surface area (Å²) in [5.41, 5.74) is 2.89. The lowest BCUT2D eigenvalue weighted by Crippen LogP contribution is -2.56. The molecule has 0 spiro atoms. The predicted octanol–water partition coefficient (Wildman–Crippen LogP) is 3.70. The Morgan fingerprint density at radius 3 is 2.93 bits per heavy atom. The number of anilines is 3. The average Bonchev–Trinajstić information content (AvgIpc) is 2.74. The van der Waals surface area contributed by atoms with E-state index in [4.69, 9.17) is 4.98 Å². The molecule has 2 aliphatic heterocycles. The number of carbonyl (C=O) groups excluding carboxylic acids is 1. The fourth-order valence-electron chi connectivity index (χ4n) is 4.02. The van der Waals surface area contributed by atoms with Gasteiger partial charge in [-0.1, -0.05) is 0 Å². The summed E-state index contributed by atoms with van der Waals surface area (Å²) in [7, 11) is 0. The van der Waals surface area contributed by atoms with Crippen molar-refractivity contribution in [1.29, 1.82) is 0 Å². The number of amides is 2. The second-order valence-corrected chi connectivity index (χ2v) is 7.21. The molecule has 0 aliphatic carbocycles. The van der Waals surface area contributed by atoms with Gasteiger partial charge in [0.2, 0.25) is 0 Å². The summed E-state index contributed by atoms with van der Waals surface area (Å²) < 4.78 is 13.5. The Morgan fingerprint density at radius 2 is 2.10 bits per heavy atom. The van der Waals surface area contributed by atoms with Crippen molar-refractivity contribution in [3.63, 3.8) is 0 Å². The van der Waals surface area contributed by atoms with Crippen LogP contribution in [0.4, 0.5) is 26.4 Å². The lowest BCUT2D eigenvalue weighted by atomic mass is 9.99. The van der Waals surface area contributed by atoms with Gasteiger partial charge in [-0.2, -0.15) is 0 Å². The van der Waals surface area contributed by atoms with Crippen molar-refractivity contribution in [2.45, 2.75) is 18.9 Å². The fourth-order valence-corrected chi connectivity index (χ4v) is 4.02. The van der Waals surface area contributed by atoms with E-state index in [0.717, 1.165) is 49.1 Å². The zero-order valence-corrected chi connectivity index (χ0v) is 15.6. The predicted molar refractivity (Wildman–Crippen MR) is 108 cm³/mol. The first-order chi connectivity index (χ1) is 14.2. The smallest absolute Gasteiger partial charge is 0.327 e. The van der Waals surface area contributed by atoms with Gasteiger partial charge in [0.25, 0.3) is 0 Å². The van der Waals surface area contributed by atoms with Crippen LogP contribution in [0.15, 0.2) is 55.1 Å². The molecule has 5 rings (SSSR count). The summed E-state index contributed by atoms with van der Waals surface area (Å²) in [4.78, 5) is 30.0. The largest absolute Gasteiger partial charge is 0.366 e. The molecule has 1 fully saturated rings. The monoisotopic (exact) mass is 390 g/mol. The van der Waals surface area contributed by atoms with Gasteiger partial charge >= 0.3 is 6.03 Å². The standard InChI is InChI=1S/C21H19FN6O/c22-15-9-16(12-24-11-15)25-21(29)28-17-4-2-8-27(13-17)19-6-5-18(26-20(19)28)14-3-1-7-23-10-14/h1,3,5-7,9-12,17H,2,4,8,13H2,(H,25,29)/t17-/m0/s1. The molecule has 5 heterocycles. The van der Waals surface area contributed by atoms with E-state index in [-0.39, 0.29) is 12.1 Å². The number of carbonyl (C=O) groups is 1. The Balaban J connectivity index is 1.55. The Labute approximate surface area is 167 Å². The first-order valence-electron chi connectivity index (χ1n) is 9.56. The molecule has 3 aromatic rings. The van der Waals surface area contributed by atoms with Crippen LogP contribution in [0.2, 0.25) is 0 Å². The fraction of sp³-hybridized carbons (Fsp3) is 0.238. The maximum atomic E-state index is 13.5. The number of halogens is 1. The first kappa shape index (κ1) is 17.5. The van der Waals surface area contributed by atoms with Crippen molar-refractivity contribution in [3.05, 3.63) is 60.9 Å². The Morgan fingerprint density at radius 1 is 1.17 bits per heavy atom. The van der Waals surface area contributed by atoms with Crippen LogP contribution in [0.5, 0.6) is 0 Å². The quantitative estimate of drug-likeness (QED) is 0.722. The summed E-state index contributed by atoms with van der Waals surface area (Å²) in [6, 6.07) is 8.69. The van der Waals surface area contributed by atoms with Gasteiger partial charge in [0.15, 0.2) is 5.82 Å². The highest BCUT2D eigenvalue weighted by Crippen LogP contribution is 2.39. The van der Waals surface area contributed by atoms with E-state index in [1.807, 2.05) is 24.3 Å². The minimum Gasteiger partial charge on any atom is -0.366 e. The molecule has 7 nitrogen and oxygen atoms in total. The molecule has 2 amide bonds. The maximum absolute atomic E-state index is 13.5. The van der Waals surface area contributed by atoms with Crippen molar-refractivity contribution >= 4 is 23.2 Å². The van der Waals surface area contributed by atoms with Gasteiger partial charge in [-0.3, -0.25) is 14.9 Å². The number of nitrogens with one attached hydrogen (secondary N) is 1. The number of aromatic nitrogens is 3. The second-order valence-electron chi connectivity index (χ2n) is 7.21. The van der Waals surface area contributed by atoms with E-state index in [1.54, 1.807) is 17.3 Å². The Bertz CT molecular complexity index is 1060. The number of urea groups is 1. The topological polar surface area (TPSA) is 74.2 Å². The summed E-state index contributed by atoms with van der Waals surface area (Å²) in [5.74, 6) is 0.117. The minimum atomic E-state index is -0.498. The van der Waals surface area contributed by atoms with E-state index < -0.39 is 5.82 Å². The molecule has 1 atom stereocenters. The van der Waals surface area contributed by atoms with Gasteiger partial charge in [0.1, 0.15) is 5.82 Å². The lowest BCUT2D eigenvalue weighted by molar-refractivity contribution is 0.252. The zero-order chi connectivity index (χ0) is 19.8. The molecular formula is C21H19FN6O. The summed E-state index contributed by atoms with van der Waals surface area (Å²) in [5, 5.41) is 2.77. The minimum absolute atomic E-state index is 0.00872. The van der Waals surface area contributed by atoms with Crippen LogP contribution in [0.3, 0.4) is 0 Å². The molecular weight excluding hydrogens is 371 g/mol. The van der Waals surface area contributed by atoms with E-state index in [0.29, 0.717) is 11.5 Å². The molecule has 1 saturated heterocycles. The summed E-state index contributed by atoms with van der Waals surface area (Å²) in [6.45, 7) is 1.70. The number of piperidine rings is 1. The van der Waals surface area contributed by atoms with Crippen LogP contribution >= 0.6 is 0 Å². The molecule has 0 aromatic carbocycles. The highest BCUT2D eigenvalue weighted by molar-refractivity contribution is 6.04. The highest BCUT2D eigenvalue weighted by Gasteiger charge is 2.38. The molecule has 3 aromatic heterocycles. The van der Waals surface area contributed by atoms with Gasteiger partial charge in [0, 0.05) is 37.1 Å². The van der Waals surface area contributed by atoms with Crippen LogP contribution in [0, 0.1) is 5.82 Å². The number of pyridine rings is 3. The van der Waals surface area contributed by atoms with Gasteiger partial charge in [-0.15, -0.1) is 0 Å². The zero-order valence-electron chi connectivity index (χ0n) is 15.6.